The van der Waals surface area contributed by atoms with E-state index >= 15 is 0 Å². The van der Waals surface area contributed by atoms with Crippen LogP contribution >= 0.6 is 11.6 Å². The van der Waals surface area contributed by atoms with Crippen LogP contribution in [0.15, 0.2) is 72.3 Å². The van der Waals surface area contributed by atoms with Gasteiger partial charge in [-0.15, -0.1) is 0 Å². The van der Waals surface area contributed by atoms with Gasteiger partial charge >= 0.3 is 0 Å². The van der Waals surface area contributed by atoms with Crippen molar-refractivity contribution in [3.8, 4) is 11.5 Å². The Morgan fingerprint density at radius 2 is 1.82 bits per heavy atom. The summed E-state index contributed by atoms with van der Waals surface area (Å²) in [6.45, 7) is 4.20. The maximum absolute atomic E-state index is 13.2. The van der Waals surface area contributed by atoms with E-state index < -0.39 is 17.7 Å². The lowest BCUT2D eigenvalue weighted by Gasteiger charge is -2.25. The van der Waals surface area contributed by atoms with Gasteiger partial charge in [0.1, 0.15) is 17.3 Å². The van der Waals surface area contributed by atoms with E-state index in [0.29, 0.717) is 34.2 Å². The molecule has 1 aliphatic heterocycles. The Kier molecular flexibility index (Phi) is 6.11. The lowest BCUT2D eigenvalue weighted by atomic mass is 9.94. The Hall–Kier alpha value is -3.77. The van der Waals surface area contributed by atoms with Crippen LogP contribution in [0.2, 0.25) is 5.02 Å². The molecule has 7 heteroatoms. The SMILES string of the molecule is CCOc1ccc(/C(O)=C2\C(=O)C(=O)N(c3cccc(Cl)c3)C2c2cccc(O)c2)cc1C. The second-order valence-electron chi connectivity index (χ2n) is 7.66. The molecule has 0 radical (unpaired) electrons. The lowest BCUT2D eigenvalue weighted by molar-refractivity contribution is -0.132. The molecule has 33 heavy (non-hydrogen) atoms. The molecular formula is C26H22ClNO5. The number of benzene rings is 3. The minimum absolute atomic E-state index is 0.0268. The third kappa shape index (κ3) is 4.17. The van der Waals surface area contributed by atoms with Crippen molar-refractivity contribution < 1.29 is 24.5 Å². The molecule has 0 saturated carbocycles. The van der Waals surface area contributed by atoms with Crippen molar-refractivity contribution in [1.82, 2.24) is 0 Å². The fourth-order valence-electron chi connectivity index (χ4n) is 4.00. The van der Waals surface area contributed by atoms with Gasteiger partial charge in [0.15, 0.2) is 0 Å². The Labute approximate surface area is 196 Å². The van der Waals surface area contributed by atoms with Crippen molar-refractivity contribution in [3.05, 3.63) is 94.0 Å². The topological polar surface area (TPSA) is 87.1 Å². The van der Waals surface area contributed by atoms with Crippen molar-refractivity contribution in [2.75, 3.05) is 11.5 Å². The van der Waals surface area contributed by atoms with Crippen molar-refractivity contribution in [2.45, 2.75) is 19.9 Å². The Morgan fingerprint density at radius 1 is 1.06 bits per heavy atom. The molecule has 1 unspecified atom stereocenters. The smallest absolute Gasteiger partial charge is 0.300 e. The van der Waals surface area contributed by atoms with E-state index in [4.69, 9.17) is 16.3 Å². The molecule has 0 aromatic heterocycles. The van der Waals surface area contributed by atoms with E-state index in [2.05, 4.69) is 0 Å². The number of carbonyl (C=O) groups excluding carboxylic acids is 2. The molecule has 0 aliphatic carbocycles. The number of phenolic OH excluding ortho intramolecular Hbond substituents is 1. The molecule has 4 rings (SSSR count). The number of rotatable bonds is 5. The molecule has 6 nitrogen and oxygen atoms in total. The number of carbonyl (C=O) groups is 2. The quantitative estimate of drug-likeness (QED) is 0.301. The van der Waals surface area contributed by atoms with Crippen LogP contribution in [0.1, 0.15) is 29.7 Å². The number of aryl methyl sites for hydroxylation is 1. The number of aromatic hydroxyl groups is 1. The number of halogens is 1. The van der Waals surface area contributed by atoms with Gasteiger partial charge in [-0.05, 0) is 73.5 Å². The van der Waals surface area contributed by atoms with Gasteiger partial charge in [-0.25, -0.2) is 0 Å². The van der Waals surface area contributed by atoms with Crippen LogP contribution < -0.4 is 9.64 Å². The average Bonchev–Trinajstić information content (AvgIpc) is 3.05. The highest BCUT2D eigenvalue weighted by Gasteiger charge is 2.47. The average molecular weight is 464 g/mol. The number of ketones is 1. The molecule has 0 bridgehead atoms. The second kappa shape index (κ2) is 9.00. The molecule has 3 aromatic rings. The molecule has 3 aromatic carbocycles. The zero-order chi connectivity index (χ0) is 23.7. The number of phenols is 1. The zero-order valence-corrected chi connectivity index (χ0v) is 18.8. The van der Waals surface area contributed by atoms with Gasteiger partial charge in [-0.1, -0.05) is 29.8 Å². The Bertz CT molecular complexity index is 1280. The van der Waals surface area contributed by atoms with E-state index in [-0.39, 0.29) is 17.1 Å². The predicted molar refractivity (Wildman–Crippen MR) is 127 cm³/mol. The summed E-state index contributed by atoms with van der Waals surface area (Å²) in [6.07, 6.45) is 0. The minimum Gasteiger partial charge on any atom is -0.508 e. The van der Waals surface area contributed by atoms with Crippen LogP contribution in [0, 0.1) is 6.92 Å². The van der Waals surface area contributed by atoms with Crippen molar-refractivity contribution in [1.29, 1.82) is 0 Å². The van der Waals surface area contributed by atoms with Gasteiger partial charge < -0.3 is 14.9 Å². The first-order valence-corrected chi connectivity index (χ1v) is 10.8. The summed E-state index contributed by atoms with van der Waals surface area (Å²) in [5.41, 5.74) is 1.96. The second-order valence-corrected chi connectivity index (χ2v) is 8.09. The van der Waals surface area contributed by atoms with Crippen LogP contribution in [0.5, 0.6) is 11.5 Å². The summed E-state index contributed by atoms with van der Waals surface area (Å²) in [6, 6.07) is 16.9. The number of nitrogens with zero attached hydrogens (tertiary/aromatic N) is 1. The number of aliphatic hydroxyl groups excluding tert-OH is 1. The molecule has 1 amide bonds. The molecule has 1 aliphatic rings. The van der Waals surface area contributed by atoms with Gasteiger partial charge in [0.05, 0.1) is 18.2 Å². The number of ether oxygens (including phenoxy) is 1. The molecule has 1 saturated heterocycles. The number of amides is 1. The number of hydrogen-bond donors (Lipinski definition) is 2. The number of hydrogen-bond acceptors (Lipinski definition) is 5. The van der Waals surface area contributed by atoms with Gasteiger partial charge in [-0.3, -0.25) is 14.5 Å². The molecule has 1 atom stereocenters. The normalized spacial score (nSPS) is 17.4. The minimum atomic E-state index is -0.956. The third-order valence-electron chi connectivity index (χ3n) is 5.46. The molecule has 1 fully saturated rings. The van der Waals surface area contributed by atoms with Gasteiger partial charge in [0, 0.05) is 16.3 Å². The van der Waals surface area contributed by atoms with Crippen molar-refractivity contribution in [3.63, 3.8) is 0 Å². The summed E-state index contributed by atoms with van der Waals surface area (Å²) in [5.74, 6) is -1.29. The largest absolute Gasteiger partial charge is 0.508 e. The van der Waals surface area contributed by atoms with Crippen molar-refractivity contribution in [2.24, 2.45) is 0 Å². The van der Waals surface area contributed by atoms with E-state index in [1.54, 1.807) is 54.6 Å². The molecule has 168 valence electrons. The van der Waals surface area contributed by atoms with Gasteiger partial charge in [-0.2, -0.15) is 0 Å². The Morgan fingerprint density at radius 3 is 2.48 bits per heavy atom. The zero-order valence-electron chi connectivity index (χ0n) is 18.1. The molecule has 0 spiro atoms. The molecule has 2 N–H and O–H groups in total. The highest BCUT2D eigenvalue weighted by Crippen LogP contribution is 2.43. The van der Waals surface area contributed by atoms with E-state index in [9.17, 15) is 19.8 Å². The van der Waals surface area contributed by atoms with Crippen molar-refractivity contribution >= 4 is 34.7 Å². The number of anilines is 1. The first kappa shape index (κ1) is 22.4. The summed E-state index contributed by atoms with van der Waals surface area (Å²) >= 11 is 6.14. The van der Waals surface area contributed by atoms with Gasteiger partial charge in [0.2, 0.25) is 0 Å². The van der Waals surface area contributed by atoms with E-state index in [1.165, 1.54) is 17.0 Å². The van der Waals surface area contributed by atoms with E-state index in [0.717, 1.165) is 5.56 Å². The summed E-state index contributed by atoms with van der Waals surface area (Å²) < 4.78 is 5.56. The fraction of sp³-hybridized carbons (Fsp3) is 0.154. The first-order chi connectivity index (χ1) is 15.8. The highest BCUT2D eigenvalue weighted by atomic mass is 35.5. The fourth-order valence-corrected chi connectivity index (χ4v) is 4.19. The summed E-state index contributed by atoms with van der Waals surface area (Å²) in [4.78, 5) is 27.6. The lowest BCUT2D eigenvalue weighted by Crippen LogP contribution is -2.29. The maximum Gasteiger partial charge on any atom is 0.300 e. The first-order valence-electron chi connectivity index (χ1n) is 10.4. The molecule has 1 heterocycles. The monoisotopic (exact) mass is 463 g/mol. The van der Waals surface area contributed by atoms with Crippen LogP contribution in [-0.4, -0.2) is 28.5 Å². The highest BCUT2D eigenvalue weighted by molar-refractivity contribution is 6.51. The standard InChI is InChI=1S/C26H22ClNO5/c1-3-33-21-11-10-17(12-15(21)2)24(30)22-23(16-6-4-9-20(29)13-16)28(26(32)25(22)31)19-8-5-7-18(27)14-19/h4-14,23,29-30H,3H2,1-2H3/b24-22+. The van der Waals surface area contributed by atoms with E-state index in [1.807, 2.05) is 13.8 Å². The van der Waals surface area contributed by atoms with Crippen LogP contribution in [0.3, 0.4) is 0 Å². The number of Topliss-reactive ketones (excluding diaryl/α,β-unsaturated/α-hetero) is 1. The summed E-state index contributed by atoms with van der Waals surface area (Å²) in [7, 11) is 0. The third-order valence-corrected chi connectivity index (χ3v) is 5.70. The maximum atomic E-state index is 13.2. The van der Waals surface area contributed by atoms with Gasteiger partial charge in [0.25, 0.3) is 11.7 Å². The molecular weight excluding hydrogens is 442 g/mol. The summed E-state index contributed by atoms with van der Waals surface area (Å²) in [5, 5.41) is 21.7. The van der Waals surface area contributed by atoms with Crippen LogP contribution in [0.4, 0.5) is 5.69 Å². The Balaban J connectivity index is 1.92. The van der Waals surface area contributed by atoms with Crippen LogP contribution in [-0.2, 0) is 9.59 Å². The number of aliphatic hydroxyl groups is 1. The van der Waals surface area contributed by atoms with Crippen LogP contribution in [0.25, 0.3) is 5.76 Å². The predicted octanol–water partition coefficient (Wildman–Crippen LogP) is 5.38.